The van der Waals surface area contributed by atoms with Crippen LogP contribution in [0.25, 0.3) is 0 Å². The van der Waals surface area contributed by atoms with E-state index in [1.807, 2.05) is 12.3 Å². The van der Waals surface area contributed by atoms with E-state index < -0.39 is 6.10 Å². The zero-order chi connectivity index (χ0) is 19.3. The zero-order valence-corrected chi connectivity index (χ0v) is 16.9. The van der Waals surface area contributed by atoms with Gasteiger partial charge in [0.1, 0.15) is 5.84 Å². The fraction of sp³-hybridized carbons (Fsp3) is 0.727. The molecule has 1 aromatic rings. The summed E-state index contributed by atoms with van der Waals surface area (Å²) in [5, 5.41) is 13.7. The third-order valence-corrected chi connectivity index (χ3v) is 6.74. The molecule has 0 bridgehead atoms. The number of aryl methyl sites for hydroxylation is 1. The summed E-state index contributed by atoms with van der Waals surface area (Å²) in [5.41, 5.74) is 8.23. The molecule has 1 fully saturated rings. The molecule has 1 saturated carbocycles. The highest BCUT2D eigenvalue weighted by molar-refractivity contribution is 5.85. The van der Waals surface area contributed by atoms with Crippen molar-refractivity contribution in [2.75, 3.05) is 26.2 Å². The van der Waals surface area contributed by atoms with E-state index in [2.05, 4.69) is 16.3 Å². The van der Waals surface area contributed by atoms with E-state index in [4.69, 9.17) is 15.7 Å². The number of aliphatic imine (C=N–C) groups is 1. The molecule has 28 heavy (non-hydrogen) atoms. The topological polar surface area (TPSA) is 86.8 Å². The van der Waals surface area contributed by atoms with Gasteiger partial charge in [-0.3, -0.25) is 14.9 Å². The number of aromatic nitrogens is 1. The van der Waals surface area contributed by atoms with Crippen molar-refractivity contribution in [2.24, 2.45) is 16.6 Å². The van der Waals surface area contributed by atoms with Gasteiger partial charge >= 0.3 is 0 Å². The van der Waals surface area contributed by atoms with Crippen molar-refractivity contribution in [1.82, 2.24) is 15.2 Å². The minimum Gasteiger partial charge on any atom is -0.392 e. The van der Waals surface area contributed by atoms with E-state index in [1.165, 1.54) is 43.4 Å². The van der Waals surface area contributed by atoms with Crippen LogP contribution in [0.2, 0.25) is 0 Å². The minimum atomic E-state index is -0.446. The van der Waals surface area contributed by atoms with Gasteiger partial charge in [0, 0.05) is 25.8 Å². The molecule has 4 unspecified atom stereocenters. The zero-order valence-electron chi connectivity index (χ0n) is 16.9. The fourth-order valence-electron chi connectivity index (χ4n) is 5.10. The smallest absolute Gasteiger partial charge is 0.111 e. The predicted octanol–water partition coefficient (Wildman–Crippen LogP) is 2.03. The fourth-order valence-corrected chi connectivity index (χ4v) is 5.10. The van der Waals surface area contributed by atoms with Gasteiger partial charge in [0.25, 0.3) is 0 Å². The van der Waals surface area contributed by atoms with Gasteiger partial charge in [0.05, 0.1) is 30.4 Å². The SMILES string of the molecule is NCC(O)CCN(CC1=NC2CCCCC2CN1)C1CCCc2cccnc21. The molecule has 6 heteroatoms. The number of nitrogens with zero attached hydrogens (tertiary/aromatic N) is 3. The Kier molecular flexibility index (Phi) is 6.60. The number of nitrogens with two attached hydrogens (primary N) is 1. The number of rotatable bonds is 7. The van der Waals surface area contributed by atoms with Crippen LogP contribution in [0.3, 0.4) is 0 Å². The molecule has 0 radical (unpaired) electrons. The van der Waals surface area contributed by atoms with Crippen molar-refractivity contribution in [3.8, 4) is 0 Å². The Morgan fingerprint density at radius 2 is 2.14 bits per heavy atom. The molecular weight excluding hydrogens is 350 g/mol. The molecule has 1 aromatic heterocycles. The van der Waals surface area contributed by atoms with Crippen molar-refractivity contribution in [1.29, 1.82) is 0 Å². The van der Waals surface area contributed by atoms with Gasteiger partial charge in [-0.25, -0.2) is 0 Å². The van der Waals surface area contributed by atoms with Crippen molar-refractivity contribution in [3.63, 3.8) is 0 Å². The average Bonchev–Trinajstić information content (AvgIpc) is 2.76. The Hall–Kier alpha value is -1.50. The summed E-state index contributed by atoms with van der Waals surface area (Å²) in [5.74, 6) is 1.83. The lowest BCUT2D eigenvalue weighted by molar-refractivity contribution is 0.128. The molecule has 0 aromatic carbocycles. The van der Waals surface area contributed by atoms with Crippen LogP contribution in [-0.4, -0.2) is 59.2 Å². The largest absolute Gasteiger partial charge is 0.392 e. The number of hydrogen-bond acceptors (Lipinski definition) is 6. The number of aliphatic hydroxyl groups excluding tert-OH is 1. The first-order valence-electron chi connectivity index (χ1n) is 11.1. The maximum atomic E-state index is 10.0. The Morgan fingerprint density at radius 3 is 3.04 bits per heavy atom. The van der Waals surface area contributed by atoms with Crippen LogP contribution >= 0.6 is 0 Å². The van der Waals surface area contributed by atoms with E-state index >= 15 is 0 Å². The van der Waals surface area contributed by atoms with Crippen LogP contribution in [0.4, 0.5) is 0 Å². The van der Waals surface area contributed by atoms with Gasteiger partial charge in [-0.15, -0.1) is 0 Å². The third kappa shape index (κ3) is 4.56. The molecule has 3 aliphatic rings. The number of aliphatic hydroxyl groups is 1. The lowest BCUT2D eigenvalue weighted by Gasteiger charge is -2.38. The normalized spacial score (nSPS) is 28.1. The third-order valence-electron chi connectivity index (χ3n) is 6.74. The molecule has 2 aliphatic carbocycles. The molecule has 0 amide bonds. The lowest BCUT2D eigenvalue weighted by Crippen LogP contribution is -2.48. The van der Waals surface area contributed by atoms with Gasteiger partial charge in [-0.2, -0.15) is 0 Å². The molecule has 154 valence electrons. The molecule has 0 saturated heterocycles. The van der Waals surface area contributed by atoms with Crippen molar-refractivity contribution < 1.29 is 5.11 Å². The second kappa shape index (κ2) is 9.33. The van der Waals surface area contributed by atoms with Gasteiger partial charge in [0.15, 0.2) is 0 Å². The van der Waals surface area contributed by atoms with E-state index in [0.717, 1.165) is 38.3 Å². The maximum Gasteiger partial charge on any atom is 0.111 e. The summed E-state index contributed by atoms with van der Waals surface area (Å²) < 4.78 is 0. The van der Waals surface area contributed by atoms with Crippen LogP contribution in [0.5, 0.6) is 0 Å². The van der Waals surface area contributed by atoms with Crippen LogP contribution < -0.4 is 11.1 Å². The van der Waals surface area contributed by atoms with Crippen molar-refractivity contribution in [2.45, 2.75) is 69.6 Å². The van der Waals surface area contributed by atoms with Crippen molar-refractivity contribution >= 4 is 5.84 Å². The maximum absolute atomic E-state index is 10.0. The van der Waals surface area contributed by atoms with E-state index in [9.17, 15) is 5.11 Å². The number of amidine groups is 1. The average molecular weight is 386 g/mol. The van der Waals surface area contributed by atoms with Gasteiger partial charge in [-0.1, -0.05) is 18.9 Å². The highest BCUT2D eigenvalue weighted by Crippen LogP contribution is 2.33. The summed E-state index contributed by atoms with van der Waals surface area (Å²) in [4.78, 5) is 12.3. The summed E-state index contributed by atoms with van der Waals surface area (Å²) >= 11 is 0. The van der Waals surface area contributed by atoms with Crippen LogP contribution in [0.15, 0.2) is 23.3 Å². The summed E-state index contributed by atoms with van der Waals surface area (Å²) in [7, 11) is 0. The standard InChI is InChI=1S/C22H35N5O/c23-13-18(28)10-12-27(20-9-3-6-16-7-4-11-24-22(16)20)15-21-25-14-17-5-1-2-8-19(17)26-21/h4,7,11,17-20,28H,1-3,5-6,8-10,12-15,23H2,(H,25,26). The second-order valence-corrected chi connectivity index (χ2v) is 8.67. The highest BCUT2D eigenvalue weighted by atomic mass is 16.3. The Balaban J connectivity index is 1.52. The van der Waals surface area contributed by atoms with Crippen molar-refractivity contribution in [3.05, 3.63) is 29.6 Å². The van der Waals surface area contributed by atoms with Gasteiger partial charge < -0.3 is 16.2 Å². The first kappa shape index (κ1) is 19.8. The summed E-state index contributed by atoms with van der Waals surface area (Å²) in [6.07, 6.45) is 10.8. The summed E-state index contributed by atoms with van der Waals surface area (Å²) in [6, 6.07) is 5.05. The van der Waals surface area contributed by atoms with Crippen LogP contribution in [-0.2, 0) is 6.42 Å². The number of fused-ring (bicyclic) bond motifs is 2. The Labute approximate surface area is 168 Å². The molecular formula is C22H35N5O. The molecule has 6 nitrogen and oxygen atoms in total. The van der Waals surface area contributed by atoms with Gasteiger partial charge in [0.2, 0.25) is 0 Å². The van der Waals surface area contributed by atoms with E-state index in [-0.39, 0.29) is 0 Å². The first-order chi connectivity index (χ1) is 13.7. The van der Waals surface area contributed by atoms with E-state index in [1.54, 1.807) is 0 Å². The number of pyridine rings is 1. The molecule has 0 spiro atoms. The molecule has 1 aliphatic heterocycles. The highest BCUT2D eigenvalue weighted by Gasteiger charge is 2.32. The number of nitrogens with one attached hydrogen (secondary N) is 1. The molecule has 4 atom stereocenters. The number of hydrogen-bond donors (Lipinski definition) is 3. The summed E-state index contributed by atoms with van der Waals surface area (Å²) in [6.45, 7) is 2.99. The predicted molar refractivity (Wildman–Crippen MR) is 112 cm³/mol. The first-order valence-corrected chi connectivity index (χ1v) is 11.1. The molecule has 2 heterocycles. The quantitative estimate of drug-likeness (QED) is 0.669. The van der Waals surface area contributed by atoms with Crippen LogP contribution in [0.1, 0.15) is 62.2 Å². The lowest BCUT2D eigenvalue weighted by atomic mass is 9.84. The molecule has 4 rings (SSSR count). The van der Waals surface area contributed by atoms with Crippen LogP contribution in [0, 0.1) is 5.92 Å². The Morgan fingerprint density at radius 1 is 1.25 bits per heavy atom. The van der Waals surface area contributed by atoms with E-state index in [0.29, 0.717) is 31.0 Å². The molecule has 4 N–H and O–H groups in total. The Bertz CT molecular complexity index is 679. The monoisotopic (exact) mass is 385 g/mol. The van der Waals surface area contributed by atoms with Gasteiger partial charge in [-0.05, 0) is 56.1 Å². The minimum absolute atomic E-state index is 0.295. The second-order valence-electron chi connectivity index (χ2n) is 8.67.